The summed E-state index contributed by atoms with van der Waals surface area (Å²) in [7, 11) is -3.20. The molecule has 6 heteroatoms. The van der Waals surface area contributed by atoms with Gasteiger partial charge < -0.3 is 19.0 Å². The Bertz CT molecular complexity index is 704. The molecule has 1 saturated carbocycles. The molecule has 1 aliphatic rings. The molecule has 0 aromatic rings. The van der Waals surface area contributed by atoms with Crippen molar-refractivity contribution in [3.63, 3.8) is 0 Å². The molecule has 1 fully saturated rings. The normalized spacial score (nSPS) is 26.2. The van der Waals surface area contributed by atoms with E-state index in [0.717, 1.165) is 24.5 Å². The molecular formula is C27H52O4Si2. The van der Waals surface area contributed by atoms with Gasteiger partial charge in [0, 0.05) is 14.7 Å². The van der Waals surface area contributed by atoms with E-state index >= 15 is 0 Å². The number of hydrogen-bond acceptors (Lipinski definition) is 4. The van der Waals surface area contributed by atoms with Crippen molar-refractivity contribution >= 4 is 16.4 Å². The highest BCUT2D eigenvalue weighted by molar-refractivity contribution is 6.76. The SMILES string of the molecule is CC(C)=CC#C[C@](C)(OCOCC[Si](C)(C)C)[C@@H]1[C@@H](O[Si](C)(C)C(C)(C)C)C[C@@H](C)C[C@@H]1O. The lowest BCUT2D eigenvalue weighted by Gasteiger charge is -2.49. The third kappa shape index (κ3) is 9.99. The van der Waals surface area contributed by atoms with Crippen molar-refractivity contribution in [1.29, 1.82) is 0 Å². The summed E-state index contributed by atoms with van der Waals surface area (Å²) >= 11 is 0. The summed E-state index contributed by atoms with van der Waals surface area (Å²) in [6, 6.07) is 1.09. The minimum absolute atomic E-state index is 0.0914. The molecule has 5 atom stereocenters. The fraction of sp³-hybridized carbons (Fsp3) is 0.852. The Labute approximate surface area is 207 Å². The maximum Gasteiger partial charge on any atom is 0.192 e. The van der Waals surface area contributed by atoms with Crippen molar-refractivity contribution in [3.8, 4) is 11.8 Å². The number of rotatable bonds is 9. The average molecular weight is 497 g/mol. The lowest BCUT2D eigenvalue weighted by atomic mass is 9.71. The van der Waals surface area contributed by atoms with Gasteiger partial charge in [-0.1, -0.05) is 64.7 Å². The number of ether oxygens (including phenoxy) is 2. The van der Waals surface area contributed by atoms with Crippen molar-refractivity contribution in [2.45, 2.75) is 123 Å². The van der Waals surface area contributed by atoms with Crippen LogP contribution in [0.3, 0.4) is 0 Å². The van der Waals surface area contributed by atoms with E-state index in [-0.39, 0.29) is 23.9 Å². The Morgan fingerprint density at radius 3 is 2.18 bits per heavy atom. The molecule has 0 saturated heterocycles. The van der Waals surface area contributed by atoms with Gasteiger partial charge >= 0.3 is 0 Å². The molecule has 0 bridgehead atoms. The molecule has 0 radical (unpaired) electrons. The van der Waals surface area contributed by atoms with E-state index in [4.69, 9.17) is 13.9 Å². The van der Waals surface area contributed by atoms with Gasteiger partial charge in [0.1, 0.15) is 12.4 Å². The summed E-state index contributed by atoms with van der Waals surface area (Å²) in [4.78, 5) is 0. The van der Waals surface area contributed by atoms with Crippen LogP contribution >= 0.6 is 0 Å². The summed E-state index contributed by atoms with van der Waals surface area (Å²) in [5.74, 6) is 6.71. The predicted molar refractivity (Wildman–Crippen MR) is 146 cm³/mol. The van der Waals surface area contributed by atoms with Crippen LogP contribution in [0.5, 0.6) is 0 Å². The Morgan fingerprint density at radius 2 is 1.67 bits per heavy atom. The van der Waals surface area contributed by atoms with E-state index in [2.05, 4.69) is 72.3 Å². The van der Waals surface area contributed by atoms with Gasteiger partial charge in [0.05, 0.1) is 18.1 Å². The average Bonchev–Trinajstić information content (AvgIpc) is 2.58. The molecule has 4 nitrogen and oxygen atoms in total. The zero-order valence-corrected chi connectivity index (χ0v) is 25.6. The molecule has 0 unspecified atom stereocenters. The molecular weight excluding hydrogens is 444 g/mol. The molecule has 1 rings (SSSR count). The third-order valence-corrected chi connectivity index (χ3v) is 13.3. The first-order chi connectivity index (χ1) is 14.9. The molecule has 0 amide bonds. The van der Waals surface area contributed by atoms with Gasteiger partial charge in [-0.05, 0) is 69.8 Å². The second-order valence-corrected chi connectivity index (χ2v) is 23.5. The van der Waals surface area contributed by atoms with Crippen LogP contribution in [-0.2, 0) is 13.9 Å². The highest BCUT2D eigenvalue weighted by Crippen LogP contribution is 2.44. The first kappa shape index (κ1) is 30.6. The standard InChI is InChI=1S/C27H52O4Si2/c1-21(2)14-13-15-27(7,30-20-29-16-17-32(8,9)10)25-23(28)18-22(3)19-24(25)31-33(11,12)26(4,5)6/h14,22-25,28H,16-20H2,1-12H3/t22-,23-,24-,25-,27-/m0/s1. The minimum Gasteiger partial charge on any atom is -0.413 e. The summed E-state index contributed by atoms with van der Waals surface area (Å²) < 4.78 is 19.2. The summed E-state index contributed by atoms with van der Waals surface area (Å²) in [6.07, 6.45) is 2.93. The van der Waals surface area contributed by atoms with Crippen LogP contribution in [0.1, 0.15) is 61.3 Å². The maximum absolute atomic E-state index is 11.3. The molecule has 1 aliphatic carbocycles. The van der Waals surface area contributed by atoms with Crippen molar-refractivity contribution < 1.29 is 19.0 Å². The van der Waals surface area contributed by atoms with Crippen molar-refractivity contribution in [3.05, 3.63) is 11.6 Å². The third-order valence-electron chi connectivity index (χ3n) is 7.10. The van der Waals surface area contributed by atoms with Crippen LogP contribution in [0.25, 0.3) is 0 Å². The van der Waals surface area contributed by atoms with E-state index in [1.54, 1.807) is 0 Å². The number of aliphatic hydroxyl groups is 1. The van der Waals surface area contributed by atoms with Gasteiger partial charge in [0.2, 0.25) is 0 Å². The first-order valence-electron chi connectivity index (χ1n) is 12.6. The van der Waals surface area contributed by atoms with Crippen molar-refractivity contribution in [2.75, 3.05) is 13.4 Å². The fourth-order valence-electron chi connectivity index (χ4n) is 3.99. The number of allylic oxidation sites excluding steroid dienone is 2. The minimum atomic E-state index is -2.04. The Kier molecular flexibility index (Phi) is 11.1. The topological polar surface area (TPSA) is 47.9 Å². The van der Waals surface area contributed by atoms with Gasteiger partial charge in [-0.3, -0.25) is 0 Å². The number of aliphatic hydroxyl groups excluding tert-OH is 1. The van der Waals surface area contributed by atoms with E-state index in [1.165, 1.54) is 0 Å². The fourth-order valence-corrected chi connectivity index (χ4v) is 6.10. The molecule has 0 spiro atoms. The van der Waals surface area contributed by atoms with Crippen LogP contribution in [0, 0.1) is 23.7 Å². The number of hydrogen-bond donors (Lipinski definition) is 1. The molecule has 0 aliphatic heterocycles. The first-order valence-corrected chi connectivity index (χ1v) is 19.2. The molecule has 0 aromatic heterocycles. The van der Waals surface area contributed by atoms with Crippen LogP contribution in [0.2, 0.25) is 43.8 Å². The summed E-state index contributed by atoms with van der Waals surface area (Å²) in [6.45, 7) is 27.5. The van der Waals surface area contributed by atoms with Gasteiger partial charge in [-0.25, -0.2) is 0 Å². The zero-order chi connectivity index (χ0) is 25.7. The smallest absolute Gasteiger partial charge is 0.192 e. The molecule has 192 valence electrons. The predicted octanol–water partition coefficient (Wildman–Crippen LogP) is 6.84. The van der Waals surface area contributed by atoms with Gasteiger partial charge in [0.15, 0.2) is 8.32 Å². The van der Waals surface area contributed by atoms with Gasteiger partial charge in [0.25, 0.3) is 0 Å². The van der Waals surface area contributed by atoms with Crippen molar-refractivity contribution in [2.24, 2.45) is 11.8 Å². The van der Waals surface area contributed by atoms with E-state index in [0.29, 0.717) is 12.5 Å². The monoisotopic (exact) mass is 496 g/mol. The van der Waals surface area contributed by atoms with Crippen LogP contribution in [0.15, 0.2) is 11.6 Å². The van der Waals surface area contributed by atoms with Gasteiger partial charge in [-0.2, -0.15) is 0 Å². The Morgan fingerprint density at radius 1 is 1.06 bits per heavy atom. The zero-order valence-electron chi connectivity index (χ0n) is 23.6. The second kappa shape index (κ2) is 12.0. The quantitative estimate of drug-likeness (QED) is 0.164. The largest absolute Gasteiger partial charge is 0.413 e. The Hall–Kier alpha value is -0.426. The van der Waals surface area contributed by atoms with E-state index in [9.17, 15) is 5.11 Å². The van der Waals surface area contributed by atoms with Crippen LogP contribution in [-0.4, -0.2) is 52.7 Å². The highest BCUT2D eigenvalue weighted by atomic mass is 28.4. The molecule has 1 N–H and O–H groups in total. The molecule has 0 heterocycles. The summed E-state index contributed by atoms with van der Waals surface area (Å²) in [5.41, 5.74) is 0.278. The maximum atomic E-state index is 11.3. The lowest BCUT2D eigenvalue weighted by Crippen LogP contribution is -2.57. The summed E-state index contributed by atoms with van der Waals surface area (Å²) in [5, 5.41) is 11.4. The Balaban J connectivity index is 3.22. The lowest BCUT2D eigenvalue weighted by molar-refractivity contribution is -0.177. The molecule has 0 aromatic carbocycles. The van der Waals surface area contributed by atoms with Gasteiger partial charge in [-0.15, -0.1) is 0 Å². The van der Waals surface area contributed by atoms with E-state index < -0.39 is 28.1 Å². The van der Waals surface area contributed by atoms with Crippen LogP contribution < -0.4 is 0 Å². The highest BCUT2D eigenvalue weighted by Gasteiger charge is 2.51. The molecule has 33 heavy (non-hydrogen) atoms. The second-order valence-electron chi connectivity index (χ2n) is 13.2. The van der Waals surface area contributed by atoms with E-state index in [1.807, 2.05) is 26.8 Å². The van der Waals surface area contributed by atoms with Crippen molar-refractivity contribution in [1.82, 2.24) is 0 Å². The van der Waals surface area contributed by atoms with Crippen LogP contribution in [0.4, 0.5) is 0 Å².